The van der Waals surface area contributed by atoms with Gasteiger partial charge in [-0.1, -0.05) is 11.8 Å². The normalized spacial score (nSPS) is 16.3. The number of carbonyl (C=O) groups excluding carboxylic acids is 1. The fourth-order valence-corrected chi connectivity index (χ4v) is 3.03. The number of carbonyl (C=O) groups is 1. The maximum Gasteiger partial charge on any atom is 0.310 e. The minimum absolute atomic E-state index is 0.0766. The van der Waals surface area contributed by atoms with E-state index < -0.39 is 0 Å². The molecule has 0 aromatic carbocycles. The molecule has 2 aromatic heterocycles. The Hall–Kier alpha value is -3.34. The van der Waals surface area contributed by atoms with Gasteiger partial charge in [-0.15, -0.1) is 0 Å². The quantitative estimate of drug-likeness (QED) is 0.614. The highest BCUT2D eigenvalue weighted by molar-refractivity contribution is 5.74. The Morgan fingerprint density at radius 1 is 1.37 bits per heavy atom. The summed E-state index contributed by atoms with van der Waals surface area (Å²) in [6.45, 7) is 3.38. The molecule has 0 aliphatic carbocycles. The molecule has 1 saturated heterocycles. The lowest BCUT2D eigenvalue weighted by atomic mass is 9.98. The van der Waals surface area contributed by atoms with E-state index in [0.717, 1.165) is 24.9 Å². The van der Waals surface area contributed by atoms with Crippen LogP contribution in [0.4, 0.5) is 17.6 Å². The van der Waals surface area contributed by atoms with Crippen molar-refractivity contribution in [3.05, 3.63) is 35.7 Å². The van der Waals surface area contributed by atoms with Gasteiger partial charge in [-0.25, -0.2) is 0 Å². The molecule has 1 fully saturated rings. The predicted molar refractivity (Wildman–Crippen MR) is 103 cm³/mol. The number of hydrogen-bond acceptors (Lipinski definition) is 8. The first-order chi connectivity index (χ1) is 13.1. The first-order valence-electron chi connectivity index (χ1n) is 8.85. The average Bonchev–Trinajstić information content (AvgIpc) is 2.68. The van der Waals surface area contributed by atoms with Crippen molar-refractivity contribution >= 4 is 23.6 Å². The molecule has 27 heavy (non-hydrogen) atoms. The van der Waals surface area contributed by atoms with Crippen molar-refractivity contribution in [2.45, 2.75) is 19.8 Å². The molecule has 1 aliphatic heterocycles. The Labute approximate surface area is 158 Å². The number of aromatic nitrogens is 3. The molecule has 3 heterocycles. The molecule has 0 spiro atoms. The Balaban J connectivity index is 1.93. The van der Waals surface area contributed by atoms with E-state index in [-0.39, 0.29) is 23.7 Å². The summed E-state index contributed by atoms with van der Waals surface area (Å²) >= 11 is 0. The largest absolute Gasteiger partial charge is 0.466 e. The smallest absolute Gasteiger partial charge is 0.310 e. The van der Waals surface area contributed by atoms with Crippen molar-refractivity contribution in [1.29, 1.82) is 0 Å². The van der Waals surface area contributed by atoms with Gasteiger partial charge in [-0.2, -0.15) is 9.97 Å². The van der Waals surface area contributed by atoms with Gasteiger partial charge in [0.1, 0.15) is 11.4 Å². The van der Waals surface area contributed by atoms with Crippen molar-refractivity contribution < 1.29 is 9.53 Å². The van der Waals surface area contributed by atoms with Crippen molar-refractivity contribution in [1.82, 2.24) is 15.0 Å². The number of nitrogen functional groups attached to an aromatic ring is 2. The first kappa shape index (κ1) is 18.5. The number of anilines is 3. The first-order valence-corrected chi connectivity index (χ1v) is 8.85. The molecule has 1 unspecified atom stereocenters. The van der Waals surface area contributed by atoms with Gasteiger partial charge in [0.2, 0.25) is 5.95 Å². The van der Waals surface area contributed by atoms with E-state index in [2.05, 4.69) is 26.8 Å². The summed E-state index contributed by atoms with van der Waals surface area (Å²) in [5, 5.41) is 0. The molecule has 8 heteroatoms. The number of piperidine rings is 1. The molecule has 8 nitrogen and oxygen atoms in total. The number of rotatable bonds is 3. The zero-order chi connectivity index (χ0) is 19.2. The van der Waals surface area contributed by atoms with Gasteiger partial charge in [0, 0.05) is 31.0 Å². The van der Waals surface area contributed by atoms with Gasteiger partial charge in [0.05, 0.1) is 12.5 Å². The van der Waals surface area contributed by atoms with E-state index in [1.807, 2.05) is 17.0 Å². The molecule has 0 radical (unpaired) electrons. The summed E-state index contributed by atoms with van der Waals surface area (Å²) in [4.78, 5) is 26.5. The van der Waals surface area contributed by atoms with Crippen LogP contribution in [0.2, 0.25) is 0 Å². The summed E-state index contributed by atoms with van der Waals surface area (Å²) < 4.78 is 5.17. The summed E-state index contributed by atoms with van der Waals surface area (Å²) in [6, 6.07) is 3.66. The number of nitrogens with two attached hydrogens (primary N) is 2. The zero-order valence-corrected chi connectivity index (χ0v) is 15.2. The maximum absolute atomic E-state index is 12.1. The van der Waals surface area contributed by atoms with E-state index >= 15 is 0 Å². The molecule has 0 saturated carbocycles. The lowest BCUT2D eigenvalue weighted by molar-refractivity contribution is -0.148. The molecule has 4 N–H and O–H groups in total. The number of hydrogen-bond donors (Lipinski definition) is 2. The predicted octanol–water partition coefficient (Wildman–Crippen LogP) is 1.22. The average molecular weight is 366 g/mol. The third kappa shape index (κ3) is 4.44. The van der Waals surface area contributed by atoms with Gasteiger partial charge in [-0.3, -0.25) is 9.78 Å². The van der Waals surface area contributed by atoms with Crippen LogP contribution in [0.3, 0.4) is 0 Å². The number of pyridine rings is 1. The number of ether oxygens (including phenoxy) is 1. The van der Waals surface area contributed by atoms with Gasteiger partial charge >= 0.3 is 5.97 Å². The summed E-state index contributed by atoms with van der Waals surface area (Å²) in [6.07, 6.45) is 4.96. The summed E-state index contributed by atoms with van der Waals surface area (Å²) in [7, 11) is 0. The van der Waals surface area contributed by atoms with Gasteiger partial charge in [-0.05, 0) is 31.9 Å². The van der Waals surface area contributed by atoms with Crippen LogP contribution in [0.1, 0.15) is 30.9 Å². The summed E-state index contributed by atoms with van der Waals surface area (Å²) in [5.74, 6) is 6.49. The number of esters is 1. The Kier molecular flexibility index (Phi) is 5.71. The molecule has 1 atom stereocenters. The highest BCUT2D eigenvalue weighted by atomic mass is 16.5. The topological polar surface area (TPSA) is 120 Å². The van der Waals surface area contributed by atoms with Crippen molar-refractivity contribution in [3.8, 4) is 11.8 Å². The maximum atomic E-state index is 12.1. The van der Waals surface area contributed by atoms with E-state index in [1.54, 1.807) is 19.3 Å². The second kappa shape index (κ2) is 8.36. The molecule has 0 amide bonds. The Morgan fingerprint density at radius 2 is 2.22 bits per heavy atom. The van der Waals surface area contributed by atoms with Crippen LogP contribution < -0.4 is 16.4 Å². The van der Waals surface area contributed by atoms with E-state index in [0.29, 0.717) is 24.5 Å². The molecule has 1 aliphatic rings. The fourth-order valence-electron chi connectivity index (χ4n) is 3.03. The fraction of sp³-hybridized carbons (Fsp3) is 0.368. The monoisotopic (exact) mass is 366 g/mol. The minimum Gasteiger partial charge on any atom is -0.466 e. The Morgan fingerprint density at radius 3 is 2.96 bits per heavy atom. The molecule has 3 rings (SSSR count). The molecular weight excluding hydrogens is 344 g/mol. The second-order valence-corrected chi connectivity index (χ2v) is 6.19. The van der Waals surface area contributed by atoms with Crippen LogP contribution >= 0.6 is 0 Å². The van der Waals surface area contributed by atoms with Gasteiger partial charge in [0.15, 0.2) is 5.82 Å². The highest BCUT2D eigenvalue weighted by Crippen LogP contribution is 2.28. The second-order valence-electron chi connectivity index (χ2n) is 6.19. The molecule has 0 bridgehead atoms. The highest BCUT2D eigenvalue weighted by Gasteiger charge is 2.29. The Bertz CT molecular complexity index is 875. The van der Waals surface area contributed by atoms with Crippen LogP contribution in [0.5, 0.6) is 0 Å². The third-order valence-corrected chi connectivity index (χ3v) is 4.27. The van der Waals surface area contributed by atoms with Crippen LogP contribution in [0.15, 0.2) is 24.5 Å². The molecule has 140 valence electrons. The molecular formula is C19H22N6O2. The zero-order valence-electron chi connectivity index (χ0n) is 15.2. The van der Waals surface area contributed by atoms with Crippen molar-refractivity contribution in [2.75, 3.05) is 36.1 Å². The SMILES string of the molecule is CCOC(=O)C1CCCN(c2nc(N)nc(N)c2C#Cc2cccnc2)C1. The van der Waals surface area contributed by atoms with Crippen LogP contribution in [-0.2, 0) is 9.53 Å². The van der Waals surface area contributed by atoms with Gasteiger partial charge in [0.25, 0.3) is 0 Å². The third-order valence-electron chi connectivity index (χ3n) is 4.27. The van der Waals surface area contributed by atoms with Crippen molar-refractivity contribution in [3.63, 3.8) is 0 Å². The lowest BCUT2D eigenvalue weighted by Gasteiger charge is -2.33. The lowest BCUT2D eigenvalue weighted by Crippen LogP contribution is -2.40. The van der Waals surface area contributed by atoms with E-state index in [4.69, 9.17) is 16.2 Å². The van der Waals surface area contributed by atoms with E-state index in [1.165, 1.54) is 0 Å². The standard InChI is InChI=1S/C19H22N6O2/c1-2-27-18(26)14-6-4-10-25(12-14)17-15(16(20)23-19(21)24-17)8-7-13-5-3-9-22-11-13/h3,5,9,11,14H,2,4,6,10,12H2,1H3,(H4,20,21,23,24). The minimum atomic E-state index is -0.213. The van der Waals surface area contributed by atoms with Crippen LogP contribution in [0, 0.1) is 17.8 Å². The summed E-state index contributed by atoms with van der Waals surface area (Å²) in [5.41, 5.74) is 13.1. The van der Waals surface area contributed by atoms with Crippen LogP contribution in [-0.4, -0.2) is 40.6 Å². The molecule has 2 aromatic rings. The van der Waals surface area contributed by atoms with E-state index in [9.17, 15) is 4.79 Å². The van der Waals surface area contributed by atoms with Crippen molar-refractivity contribution in [2.24, 2.45) is 5.92 Å². The van der Waals surface area contributed by atoms with Crippen LogP contribution in [0.25, 0.3) is 0 Å². The number of nitrogens with zero attached hydrogens (tertiary/aromatic N) is 4. The van der Waals surface area contributed by atoms with Gasteiger partial charge < -0.3 is 21.1 Å².